The summed E-state index contributed by atoms with van der Waals surface area (Å²) < 4.78 is 26.9. The van der Waals surface area contributed by atoms with Crippen LogP contribution in [0.5, 0.6) is 0 Å². The molecule has 2 aromatic rings. The average molecular weight is 563 g/mol. The van der Waals surface area contributed by atoms with E-state index < -0.39 is 28.5 Å². The summed E-state index contributed by atoms with van der Waals surface area (Å²) in [6.07, 6.45) is 2.05. The van der Waals surface area contributed by atoms with Crippen LogP contribution >= 0.6 is 34.8 Å². The highest BCUT2D eigenvalue weighted by Gasteiger charge is 2.32. The third kappa shape index (κ3) is 8.08. The van der Waals surface area contributed by atoms with E-state index in [1.54, 1.807) is 25.1 Å². The molecule has 7 nitrogen and oxygen atoms in total. The maximum Gasteiger partial charge on any atom is 0.243 e. The van der Waals surface area contributed by atoms with E-state index in [1.807, 2.05) is 6.92 Å². The second-order valence-electron chi connectivity index (χ2n) is 8.04. The van der Waals surface area contributed by atoms with Gasteiger partial charge in [0.2, 0.25) is 21.8 Å². The van der Waals surface area contributed by atoms with Crippen molar-refractivity contribution >= 4 is 56.6 Å². The van der Waals surface area contributed by atoms with Gasteiger partial charge >= 0.3 is 0 Å². The summed E-state index contributed by atoms with van der Waals surface area (Å²) in [4.78, 5) is 27.8. The number of carbonyl (C=O) groups excluding carboxylic acids is 2. The monoisotopic (exact) mass is 561 g/mol. The second-order valence-corrected chi connectivity index (χ2v) is 11.4. The lowest BCUT2D eigenvalue weighted by Crippen LogP contribution is -2.51. The molecule has 0 spiro atoms. The van der Waals surface area contributed by atoms with E-state index >= 15 is 0 Å². The van der Waals surface area contributed by atoms with Crippen LogP contribution < -0.4 is 5.32 Å². The highest BCUT2D eigenvalue weighted by Crippen LogP contribution is 2.24. The minimum atomic E-state index is -3.96. The summed E-state index contributed by atoms with van der Waals surface area (Å²) in [5.74, 6) is -0.837. The molecule has 0 bridgehead atoms. The van der Waals surface area contributed by atoms with Crippen LogP contribution in [-0.2, 0) is 26.2 Å². The van der Waals surface area contributed by atoms with E-state index in [1.165, 1.54) is 36.2 Å². The zero-order valence-electron chi connectivity index (χ0n) is 19.9. The molecule has 0 fully saturated rings. The Hall–Kier alpha value is -1.84. The van der Waals surface area contributed by atoms with Crippen LogP contribution in [-0.4, -0.2) is 55.6 Å². The van der Waals surface area contributed by atoms with Gasteiger partial charge in [0, 0.05) is 35.2 Å². The molecule has 0 radical (unpaired) electrons. The summed E-state index contributed by atoms with van der Waals surface area (Å²) in [6.45, 7) is 3.85. The van der Waals surface area contributed by atoms with Crippen LogP contribution in [0.4, 0.5) is 0 Å². The summed E-state index contributed by atoms with van der Waals surface area (Å²) >= 11 is 18.2. The molecule has 11 heteroatoms. The number of nitrogens with zero attached hydrogens (tertiary/aromatic N) is 2. The van der Waals surface area contributed by atoms with Gasteiger partial charge in [0.05, 0.1) is 11.4 Å². The molecule has 192 valence electrons. The minimum Gasteiger partial charge on any atom is -0.354 e. The molecule has 0 aromatic heterocycles. The average Bonchev–Trinajstić information content (AvgIpc) is 2.80. The molecule has 1 unspecified atom stereocenters. The number of rotatable bonds is 12. The molecule has 35 heavy (non-hydrogen) atoms. The summed E-state index contributed by atoms with van der Waals surface area (Å²) in [5, 5.41) is 4.05. The van der Waals surface area contributed by atoms with E-state index in [9.17, 15) is 18.0 Å². The Morgan fingerprint density at radius 1 is 1.00 bits per heavy atom. The summed E-state index contributed by atoms with van der Waals surface area (Å²) in [7, 11) is -2.64. The van der Waals surface area contributed by atoms with Crippen molar-refractivity contribution in [2.75, 3.05) is 20.1 Å². The normalized spacial score (nSPS) is 12.4. The van der Waals surface area contributed by atoms with Gasteiger partial charge in [0.15, 0.2) is 0 Å². The van der Waals surface area contributed by atoms with Crippen molar-refractivity contribution in [2.24, 2.45) is 0 Å². The van der Waals surface area contributed by atoms with E-state index in [4.69, 9.17) is 34.8 Å². The van der Waals surface area contributed by atoms with Gasteiger partial charge in [-0.3, -0.25) is 9.59 Å². The molecule has 0 aliphatic carbocycles. The fraction of sp³-hybridized carbons (Fsp3) is 0.417. The van der Waals surface area contributed by atoms with Crippen molar-refractivity contribution < 1.29 is 18.0 Å². The first-order valence-corrected chi connectivity index (χ1v) is 13.8. The predicted octanol–water partition coefficient (Wildman–Crippen LogP) is 4.99. The van der Waals surface area contributed by atoms with Crippen LogP contribution in [0.3, 0.4) is 0 Å². The Morgan fingerprint density at radius 2 is 1.63 bits per heavy atom. The van der Waals surface area contributed by atoms with E-state index in [2.05, 4.69) is 5.32 Å². The molecular weight excluding hydrogens is 533 g/mol. The fourth-order valence-corrected chi connectivity index (χ4v) is 5.13. The number of likely N-dealkylation sites (N-methyl/N-ethyl adjacent to an activating group) is 1. The summed E-state index contributed by atoms with van der Waals surface area (Å²) in [5.41, 5.74) is 0.590. The highest BCUT2D eigenvalue weighted by atomic mass is 35.5. The Labute approximate surface area is 222 Å². The van der Waals surface area contributed by atoms with Crippen molar-refractivity contribution in [3.63, 3.8) is 0 Å². The van der Waals surface area contributed by atoms with Crippen LogP contribution in [0.2, 0.25) is 15.1 Å². The maximum absolute atomic E-state index is 13.5. The smallest absolute Gasteiger partial charge is 0.243 e. The topological polar surface area (TPSA) is 86.8 Å². The zero-order chi connectivity index (χ0) is 26.2. The van der Waals surface area contributed by atoms with Gasteiger partial charge in [-0.05, 0) is 54.8 Å². The molecule has 0 heterocycles. The molecule has 1 N–H and O–H groups in total. The van der Waals surface area contributed by atoms with Crippen molar-refractivity contribution in [3.8, 4) is 0 Å². The Bertz CT molecular complexity index is 1130. The van der Waals surface area contributed by atoms with Gasteiger partial charge in [-0.1, -0.05) is 61.1 Å². The molecule has 2 aromatic carbocycles. The first-order valence-electron chi connectivity index (χ1n) is 11.2. The minimum absolute atomic E-state index is 0.00819. The van der Waals surface area contributed by atoms with E-state index in [0.717, 1.165) is 17.1 Å². The van der Waals surface area contributed by atoms with Gasteiger partial charge < -0.3 is 10.2 Å². The lowest BCUT2D eigenvalue weighted by Gasteiger charge is -2.32. The third-order valence-corrected chi connectivity index (χ3v) is 8.11. The molecule has 1 atom stereocenters. The highest BCUT2D eigenvalue weighted by molar-refractivity contribution is 7.89. The third-order valence-electron chi connectivity index (χ3n) is 5.45. The van der Waals surface area contributed by atoms with Gasteiger partial charge in [-0.25, -0.2) is 8.42 Å². The largest absolute Gasteiger partial charge is 0.354 e. The number of nitrogens with one attached hydrogen (secondary N) is 1. The van der Waals surface area contributed by atoms with Crippen LogP contribution in [0.25, 0.3) is 0 Å². The molecule has 0 saturated carbocycles. The number of unbranched alkanes of at least 4 members (excludes halogenated alkanes) is 1. The van der Waals surface area contributed by atoms with Gasteiger partial charge in [-0.2, -0.15) is 4.31 Å². The van der Waals surface area contributed by atoms with E-state index in [-0.39, 0.29) is 17.3 Å². The number of hydrogen-bond acceptors (Lipinski definition) is 4. The molecule has 0 aliphatic heterocycles. The SMILES string of the molecule is CCCCNC(=O)C(CC)N(Cc1ccc(Cl)cc1Cl)C(=O)CN(C)S(=O)(=O)c1ccc(Cl)cc1. The van der Waals surface area contributed by atoms with Crippen LogP contribution in [0, 0.1) is 0 Å². The van der Waals surface area contributed by atoms with E-state index in [0.29, 0.717) is 33.6 Å². The molecule has 2 rings (SSSR count). The first-order chi connectivity index (χ1) is 16.5. The van der Waals surface area contributed by atoms with Crippen molar-refractivity contribution in [1.29, 1.82) is 0 Å². The lowest BCUT2D eigenvalue weighted by molar-refractivity contribution is -0.141. The standard InChI is InChI=1S/C24H30Cl3N3O4S/c1-4-6-13-28-24(32)22(5-2)30(15-17-7-8-19(26)14-21(17)27)23(31)16-29(3)35(33,34)20-11-9-18(25)10-12-20/h7-12,14,22H,4-6,13,15-16H2,1-3H3,(H,28,32). The molecule has 0 saturated heterocycles. The van der Waals surface area contributed by atoms with Crippen LogP contribution in [0.1, 0.15) is 38.7 Å². The van der Waals surface area contributed by atoms with Gasteiger partial charge in [0.25, 0.3) is 0 Å². The molecule has 2 amide bonds. The van der Waals surface area contributed by atoms with Crippen LogP contribution in [0.15, 0.2) is 47.4 Å². The number of hydrogen-bond donors (Lipinski definition) is 1. The number of amides is 2. The Morgan fingerprint density at radius 3 is 2.20 bits per heavy atom. The maximum atomic E-state index is 13.5. The zero-order valence-corrected chi connectivity index (χ0v) is 23.0. The summed E-state index contributed by atoms with van der Waals surface area (Å²) in [6, 6.07) is 9.75. The predicted molar refractivity (Wildman–Crippen MR) is 140 cm³/mol. The number of benzene rings is 2. The van der Waals surface area contributed by atoms with Crippen molar-refractivity contribution in [1.82, 2.24) is 14.5 Å². The second kappa shape index (κ2) is 13.5. The number of carbonyl (C=O) groups is 2. The molecular formula is C24H30Cl3N3O4S. The number of halogens is 3. The van der Waals surface area contributed by atoms with Gasteiger partial charge in [0.1, 0.15) is 6.04 Å². The van der Waals surface area contributed by atoms with Gasteiger partial charge in [-0.15, -0.1) is 0 Å². The lowest BCUT2D eigenvalue weighted by atomic mass is 10.1. The number of sulfonamides is 1. The van der Waals surface area contributed by atoms with Crippen molar-refractivity contribution in [2.45, 2.75) is 50.6 Å². The first kappa shape index (κ1) is 29.4. The molecule has 0 aliphatic rings. The Kier molecular flexibility index (Phi) is 11.3. The fourth-order valence-electron chi connectivity index (χ4n) is 3.41. The van der Waals surface area contributed by atoms with Crippen molar-refractivity contribution in [3.05, 3.63) is 63.1 Å². The Balaban J connectivity index is 2.33. The quantitative estimate of drug-likeness (QED) is 0.369.